The van der Waals surface area contributed by atoms with Crippen LogP contribution in [0.4, 0.5) is 0 Å². The summed E-state index contributed by atoms with van der Waals surface area (Å²) in [6, 6.07) is 17.1. The van der Waals surface area contributed by atoms with Gasteiger partial charge in [-0.2, -0.15) is 5.10 Å². The normalized spacial score (nSPS) is 10.9. The van der Waals surface area contributed by atoms with E-state index in [0.29, 0.717) is 5.56 Å². The average molecular weight is 335 g/mol. The highest BCUT2D eigenvalue weighted by Gasteiger charge is 2.10. The maximum Gasteiger partial charge on any atom is 0.251 e. The van der Waals surface area contributed by atoms with Gasteiger partial charge in [-0.05, 0) is 43.2 Å². The molecule has 5 heteroatoms. The number of amides is 1. The number of aliphatic hydroxyl groups excluding tert-OH is 1. The molecule has 0 aliphatic heterocycles. The van der Waals surface area contributed by atoms with Gasteiger partial charge in [-0.1, -0.05) is 36.4 Å². The maximum atomic E-state index is 12.2. The quantitative estimate of drug-likeness (QED) is 0.669. The van der Waals surface area contributed by atoms with E-state index in [-0.39, 0.29) is 18.6 Å². The van der Waals surface area contributed by atoms with Gasteiger partial charge >= 0.3 is 0 Å². The number of hydrogen-bond acceptors (Lipinski definition) is 3. The van der Waals surface area contributed by atoms with Crippen molar-refractivity contribution in [1.82, 2.24) is 15.5 Å². The lowest BCUT2D eigenvalue weighted by Crippen LogP contribution is -2.30. The predicted molar refractivity (Wildman–Crippen MR) is 98.0 cm³/mol. The van der Waals surface area contributed by atoms with Crippen LogP contribution in [0.5, 0.6) is 0 Å². The minimum absolute atomic E-state index is 0.0275. The van der Waals surface area contributed by atoms with Crippen LogP contribution in [0.2, 0.25) is 0 Å². The van der Waals surface area contributed by atoms with Gasteiger partial charge in [-0.25, -0.2) is 0 Å². The van der Waals surface area contributed by atoms with Crippen LogP contribution in [0, 0.1) is 0 Å². The Labute approximate surface area is 146 Å². The zero-order chi connectivity index (χ0) is 17.8. The fraction of sp³-hybridized carbons (Fsp3) is 0.200. The van der Waals surface area contributed by atoms with Crippen molar-refractivity contribution in [3.05, 3.63) is 65.7 Å². The SMILES string of the molecule is CC(C)NC(=O)c1cccc(-c2cc(-c3ccc(CO)cc3)[nH]n2)c1. The summed E-state index contributed by atoms with van der Waals surface area (Å²) in [6.07, 6.45) is 0. The summed E-state index contributed by atoms with van der Waals surface area (Å²) in [5.41, 5.74) is 5.02. The highest BCUT2D eigenvalue weighted by molar-refractivity contribution is 5.95. The number of aromatic nitrogens is 2. The molecule has 1 amide bonds. The highest BCUT2D eigenvalue weighted by Crippen LogP contribution is 2.24. The molecule has 3 aromatic rings. The Hall–Kier alpha value is -2.92. The molecule has 128 valence electrons. The van der Waals surface area contributed by atoms with Crippen LogP contribution < -0.4 is 5.32 Å². The van der Waals surface area contributed by atoms with Crippen LogP contribution in [0.15, 0.2) is 54.6 Å². The minimum atomic E-state index is -0.0906. The largest absolute Gasteiger partial charge is 0.392 e. The molecule has 0 atom stereocenters. The third-order valence-corrected chi connectivity index (χ3v) is 3.87. The first kappa shape index (κ1) is 16.9. The van der Waals surface area contributed by atoms with Crippen molar-refractivity contribution in [2.45, 2.75) is 26.5 Å². The number of aliphatic hydroxyl groups is 1. The molecular weight excluding hydrogens is 314 g/mol. The topological polar surface area (TPSA) is 78.0 Å². The molecule has 1 aromatic heterocycles. The third-order valence-electron chi connectivity index (χ3n) is 3.87. The number of carbonyl (C=O) groups is 1. The molecule has 0 radical (unpaired) electrons. The van der Waals surface area contributed by atoms with Crippen molar-refractivity contribution >= 4 is 5.91 Å². The first-order chi connectivity index (χ1) is 12.1. The summed E-state index contributed by atoms with van der Waals surface area (Å²) >= 11 is 0. The molecule has 2 aromatic carbocycles. The number of aromatic amines is 1. The highest BCUT2D eigenvalue weighted by atomic mass is 16.3. The first-order valence-electron chi connectivity index (χ1n) is 8.23. The fourth-order valence-corrected chi connectivity index (χ4v) is 2.57. The van der Waals surface area contributed by atoms with Crippen molar-refractivity contribution in [2.24, 2.45) is 0 Å². The summed E-state index contributed by atoms with van der Waals surface area (Å²) in [5, 5.41) is 19.4. The second-order valence-corrected chi connectivity index (χ2v) is 6.23. The van der Waals surface area contributed by atoms with Crippen molar-refractivity contribution < 1.29 is 9.90 Å². The zero-order valence-corrected chi connectivity index (χ0v) is 14.3. The van der Waals surface area contributed by atoms with Crippen molar-refractivity contribution in [2.75, 3.05) is 0 Å². The molecule has 0 saturated carbocycles. The third kappa shape index (κ3) is 3.95. The monoisotopic (exact) mass is 335 g/mol. The molecule has 25 heavy (non-hydrogen) atoms. The smallest absolute Gasteiger partial charge is 0.251 e. The first-order valence-corrected chi connectivity index (χ1v) is 8.23. The summed E-state index contributed by atoms with van der Waals surface area (Å²) < 4.78 is 0. The Morgan fingerprint density at radius 2 is 1.88 bits per heavy atom. The lowest BCUT2D eigenvalue weighted by molar-refractivity contribution is 0.0943. The Morgan fingerprint density at radius 1 is 1.12 bits per heavy atom. The van der Waals surface area contributed by atoms with Crippen LogP contribution >= 0.6 is 0 Å². The maximum absolute atomic E-state index is 12.2. The molecule has 0 unspecified atom stereocenters. The summed E-state index contributed by atoms with van der Waals surface area (Å²) in [5.74, 6) is -0.0906. The van der Waals surface area contributed by atoms with Crippen LogP contribution in [0.3, 0.4) is 0 Å². The van der Waals surface area contributed by atoms with Gasteiger partial charge < -0.3 is 10.4 Å². The van der Waals surface area contributed by atoms with E-state index in [2.05, 4.69) is 15.5 Å². The Morgan fingerprint density at radius 3 is 2.56 bits per heavy atom. The van der Waals surface area contributed by atoms with Gasteiger partial charge in [0, 0.05) is 17.2 Å². The van der Waals surface area contributed by atoms with Gasteiger partial charge in [0.1, 0.15) is 0 Å². The van der Waals surface area contributed by atoms with E-state index >= 15 is 0 Å². The summed E-state index contributed by atoms with van der Waals surface area (Å²) in [7, 11) is 0. The number of H-pyrrole nitrogens is 1. The van der Waals surface area contributed by atoms with E-state index in [1.165, 1.54) is 0 Å². The summed E-state index contributed by atoms with van der Waals surface area (Å²) in [4.78, 5) is 12.2. The molecule has 0 aliphatic carbocycles. The van der Waals surface area contributed by atoms with Crippen molar-refractivity contribution in [1.29, 1.82) is 0 Å². The molecule has 5 nitrogen and oxygen atoms in total. The van der Waals surface area contributed by atoms with E-state index in [0.717, 1.165) is 28.1 Å². The van der Waals surface area contributed by atoms with Gasteiger partial charge in [-0.15, -0.1) is 0 Å². The average Bonchev–Trinajstić information content (AvgIpc) is 3.11. The Balaban J connectivity index is 1.85. The van der Waals surface area contributed by atoms with Crippen LogP contribution in [0.1, 0.15) is 29.8 Å². The molecule has 0 saturated heterocycles. The van der Waals surface area contributed by atoms with Crippen LogP contribution in [-0.4, -0.2) is 27.3 Å². The van der Waals surface area contributed by atoms with E-state index in [1.807, 2.05) is 62.4 Å². The van der Waals surface area contributed by atoms with Gasteiger partial charge in [-0.3, -0.25) is 9.89 Å². The van der Waals surface area contributed by atoms with Gasteiger partial charge in [0.05, 0.1) is 18.0 Å². The van der Waals surface area contributed by atoms with Gasteiger partial charge in [0.15, 0.2) is 0 Å². The molecule has 3 N–H and O–H groups in total. The predicted octanol–water partition coefficient (Wildman–Crippen LogP) is 3.37. The number of hydrogen-bond donors (Lipinski definition) is 3. The second kappa shape index (κ2) is 7.32. The number of rotatable bonds is 5. The van der Waals surface area contributed by atoms with Gasteiger partial charge in [0.2, 0.25) is 0 Å². The van der Waals surface area contributed by atoms with E-state index in [1.54, 1.807) is 6.07 Å². The number of nitrogens with one attached hydrogen (secondary N) is 2. The zero-order valence-electron chi connectivity index (χ0n) is 14.3. The van der Waals surface area contributed by atoms with E-state index in [9.17, 15) is 4.79 Å². The Kier molecular flexibility index (Phi) is 4.95. The molecular formula is C20H21N3O2. The number of benzene rings is 2. The molecule has 0 spiro atoms. The Bertz CT molecular complexity index is 867. The molecule has 0 bridgehead atoms. The molecule has 3 rings (SSSR count). The number of nitrogens with zero attached hydrogens (tertiary/aromatic N) is 1. The lowest BCUT2D eigenvalue weighted by atomic mass is 10.1. The second-order valence-electron chi connectivity index (χ2n) is 6.23. The summed E-state index contributed by atoms with van der Waals surface area (Å²) in [6.45, 7) is 3.90. The molecule has 0 fully saturated rings. The number of carbonyl (C=O) groups excluding carboxylic acids is 1. The van der Waals surface area contributed by atoms with Crippen molar-refractivity contribution in [3.63, 3.8) is 0 Å². The van der Waals surface area contributed by atoms with Gasteiger partial charge in [0.25, 0.3) is 5.91 Å². The minimum Gasteiger partial charge on any atom is -0.392 e. The lowest BCUT2D eigenvalue weighted by Gasteiger charge is -2.08. The van der Waals surface area contributed by atoms with E-state index < -0.39 is 0 Å². The molecule has 1 heterocycles. The molecule has 0 aliphatic rings. The van der Waals surface area contributed by atoms with Crippen molar-refractivity contribution in [3.8, 4) is 22.5 Å². The van der Waals surface area contributed by atoms with E-state index in [4.69, 9.17) is 5.11 Å². The van der Waals surface area contributed by atoms with Crippen LogP contribution in [-0.2, 0) is 6.61 Å². The van der Waals surface area contributed by atoms with Crippen LogP contribution in [0.25, 0.3) is 22.5 Å². The fourth-order valence-electron chi connectivity index (χ4n) is 2.57. The standard InChI is InChI=1S/C20H21N3O2/c1-13(2)21-20(25)17-5-3-4-16(10-17)19-11-18(22-23-19)15-8-6-14(12-24)7-9-15/h3-11,13,24H,12H2,1-2H3,(H,21,25)(H,22,23).